The monoisotopic (exact) mass is 281 g/mol. The van der Waals surface area contributed by atoms with Gasteiger partial charge < -0.3 is 10.6 Å². The molecule has 1 aromatic carbocycles. The van der Waals surface area contributed by atoms with Crippen LogP contribution in [-0.2, 0) is 4.79 Å². The van der Waals surface area contributed by atoms with Crippen molar-refractivity contribution in [2.75, 3.05) is 10.6 Å². The van der Waals surface area contributed by atoms with Crippen LogP contribution < -0.4 is 10.6 Å². The maximum absolute atomic E-state index is 11.9. The molecule has 1 aromatic heterocycles. The normalized spacial score (nSPS) is 9.76. The highest BCUT2D eigenvalue weighted by molar-refractivity contribution is 6.05. The fourth-order valence-corrected chi connectivity index (χ4v) is 1.58. The number of carbonyl (C=O) groups excluding carboxylic acids is 2. The third kappa shape index (κ3) is 4.01. The van der Waals surface area contributed by atoms with Crippen LogP contribution in [0.5, 0.6) is 0 Å². The van der Waals surface area contributed by atoms with Gasteiger partial charge in [-0.2, -0.15) is 0 Å². The third-order valence-electron chi connectivity index (χ3n) is 2.71. The number of benzene rings is 1. The highest BCUT2D eigenvalue weighted by atomic mass is 16.2. The Kier molecular flexibility index (Phi) is 4.46. The van der Waals surface area contributed by atoms with E-state index in [4.69, 9.17) is 0 Å². The van der Waals surface area contributed by atoms with E-state index in [-0.39, 0.29) is 11.8 Å². The Bertz CT molecular complexity index is 664. The van der Waals surface area contributed by atoms with Crippen molar-refractivity contribution >= 4 is 23.2 Å². The maximum atomic E-state index is 11.9. The van der Waals surface area contributed by atoms with Crippen molar-refractivity contribution in [1.29, 1.82) is 0 Å². The Morgan fingerprint density at radius 1 is 1.05 bits per heavy atom. The molecule has 1 heterocycles. The maximum Gasteiger partial charge on any atom is 0.257 e. The Morgan fingerprint density at radius 2 is 1.67 bits per heavy atom. The zero-order chi connectivity index (χ0) is 15.2. The molecule has 0 saturated carbocycles. The van der Waals surface area contributed by atoms with Gasteiger partial charge in [0.1, 0.15) is 0 Å². The van der Waals surface area contributed by atoms with Crippen LogP contribution in [0.25, 0.3) is 0 Å². The van der Waals surface area contributed by atoms with E-state index >= 15 is 0 Å². The van der Waals surface area contributed by atoms with Crippen molar-refractivity contribution in [2.45, 2.75) is 6.92 Å². The SMILES string of the molecule is C=C(C)C(=O)Nc1ccc(NC(=O)c2cccnc2)cc1. The van der Waals surface area contributed by atoms with E-state index in [2.05, 4.69) is 22.2 Å². The standard InChI is InChI=1S/C16H15N3O2/c1-11(2)15(20)18-13-5-7-14(8-6-13)19-16(21)12-4-3-9-17-10-12/h3-10H,1H2,2H3,(H,18,20)(H,19,21). The Hall–Kier alpha value is -2.95. The fourth-order valence-electron chi connectivity index (χ4n) is 1.58. The lowest BCUT2D eigenvalue weighted by atomic mass is 10.2. The number of pyridine rings is 1. The number of aromatic nitrogens is 1. The Labute approximate surface area is 122 Å². The molecule has 0 aliphatic carbocycles. The van der Waals surface area contributed by atoms with E-state index in [1.807, 2.05) is 0 Å². The second kappa shape index (κ2) is 6.47. The van der Waals surface area contributed by atoms with E-state index in [1.54, 1.807) is 49.5 Å². The molecule has 2 aromatic rings. The second-order valence-corrected chi connectivity index (χ2v) is 4.51. The molecule has 0 fully saturated rings. The first-order valence-electron chi connectivity index (χ1n) is 6.34. The zero-order valence-electron chi connectivity index (χ0n) is 11.6. The van der Waals surface area contributed by atoms with Crippen molar-refractivity contribution in [3.63, 3.8) is 0 Å². The van der Waals surface area contributed by atoms with Gasteiger partial charge in [-0.05, 0) is 43.3 Å². The number of hydrogen-bond acceptors (Lipinski definition) is 3. The first-order chi connectivity index (χ1) is 10.1. The number of carbonyl (C=O) groups is 2. The number of rotatable bonds is 4. The van der Waals surface area contributed by atoms with Gasteiger partial charge in [0.25, 0.3) is 11.8 Å². The highest BCUT2D eigenvalue weighted by Gasteiger charge is 2.06. The van der Waals surface area contributed by atoms with Crippen LogP contribution in [0.2, 0.25) is 0 Å². The van der Waals surface area contributed by atoms with Crippen LogP contribution >= 0.6 is 0 Å². The van der Waals surface area contributed by atoms with E-state index < -0.39 is 0 Å². The number of anilines is 2. The van der Waals surface area contributed by atoms with Gasteiger partial charge in [-0.15, -0.1) is 0 Å². The van der Waals surface area contributed by atoms with E-state index in [0.717, 1.165) is 0 Å². The molecule has 0 aliphatic heterocycles. The van der Waals surface area contributed by atoms with Gasteiger partial charge >= 0.3 is 0 Å². The number of nitrogens with zero attached hydrogens (tertiary/aromatic N) is 1. The van der Waals surface area contributed by atoms with Crippen molar-refractivity contribution in [2.24, 2.45) is 0 Å². The molecular formula is C16H15N3O2. The minimum Gasteiger partial charge on any atom is -0.322 e. The van der Waals surface area contributed by atoms with Crippen molar-refractivity contribution in [3.05, 3.63) is 66.5 Å². The van der Waals surface area contributed by atoms with Crippen LogP contribution in [0.3, 0.4) is 0 Å². The molecule has 21 heavy (non-hydrogen) atoms. The number of hydrogen-bond donors (Lipinski definition) is 2. The van der Waals surface area contributed by atoms with Gasteiger partial charge in [0.2, 0.25) is 0 Å². The second-order valence-electron chi connectivity index (χ2n) is 4.51. The molecule has 0 bridgehead atoms. The number of amides is 2. The Morgan fingerprint density at radius 3 is 2.19 bits per heavy atom. The highest BCUT2D eigenvalue weighted by Crippen LogP contribution is 2.15. The average Bonchev–Trinajstić information content (AvgIpc) is 2.50. The average molecular weight is 281 g/mol. The Balaban J connectivity index is 2.01. The van der Waals surface area contributed by atoms with Gasteiger partial charge in [0, 0.05) is 29.3 Å². The van der Waals surface area contributed by atoms with Crippen molar-refractivity contribution < 1.29 is 9.59 Å². The molecule has 0 saturated heterocycles. The van der Waals surface area contributed by atoms with Crippen molar-refractivity contribution in [1.82, 2.24) is 4.98 Å². The van der Waals surface area contributed by atoms with Crippen LogP contribution in [0.4, 0.5) is 11.4 Å². The lowest BCUT2D eigenvalue weighted by Gasteiger charge is -2.07. The lowest BCUT2D eigenvalue weighted by molar-refractivity contribution is -0.112. The minimum absolute atomic E-state index is 0.234. The summed E-state index contributed by atoms with van der Waals surface area (Å²) < 4.78 is 0. The topological polar surface area (TPSA) is 71.1 Å². The molecule has 2 rings (SSSR count). The fraction of sp³-hybridized carbons (Fsp3) is 0.0625. The van der Waals surface area contributed by atoms with Gasteiger partial charge in [0.05, 0.1) is 5.56 Å². The van der Waals surface area contributed by atoms with Crippen LogP contribution in [-0.4, -0.2) is 16.8 Å². The van der Waals surface area contributed by atoms with Crippen LogP contribution in [0.15, 0.2) is 60.9 Å². The summed E-state index contributed by atoms with van der Waals surface area (Å²) in [6.45, 7) is 5.20. The van der Waals surface area contributed by atoms with Crippen LogP contribution in [0.1, 0.15) is 17.3 Å². The summed E-state index contributed by atoms with van der Waals surface area (Å²) in [4.78, 5) is 27.3. The van der Waals surface area contributed by atoms with Gasteiger partial charge in [-0.25, -0.2) is 0 Å². The molecular weight excluding hydrogens is 266 g/mol. The largest absolute Gasteiger partial charge is 0.322 e. The molecule has 2 N–H and O–H groups in total. The molecule has 2 amide bonds. The summed E-state index contributed by atoms with van der Waals surface area (Å²) in [5, 5.41) is 5.44. The summed E-state index contributed by atoms with van der Waals surface area (Å²) in [7, 11) is 0. The first-order valence-corrected chi connectivity index (χ1v) is 6.34. The van der Waals surface area contributed by atoms with Crippen LogP contribution in [0, 0.1) is 0 Å². The summed E-state index contributed by atoms with van der Waals surface area (Å²) in [6, 6.07) is 10.2. The molecule has 106 valence electrons. The predicted octanol–water partition coefficient (Wildman–Crippen LogP) is 2.85. The number of nitrogens with one attached hydrogen (secondary N) is 2. The summed E-state index contributed by atoms with van der Waals surface area (Å²) >= 11 is 0. The molecule has 0 aliphatic rings. The minimum atomic E-state index is -0.234. The van der Waals surface area contributed by atoms with Gasteiger partial charge in [-0.1, -0.05) is 6.58 Å². The molecule has 5 heteroatoms. The summed E-state index contributed by atoms with van der Waals surface area (Å²) in [5.41, 5.74) is 2.20. The van der Waals surface area contributed by atoms with E-state index in [0.29, 0.717) is 22.5 Å². The third-order valence-corrected chi connectivity index (χ3v) is 2.71. The van der Waals surface area contributed by atoms with E-state index in [1.165, 1.54) is 6.20 Å². The molecule has 0 radical (unpaired) electrons. The zero-order valence-corrected chi connectivity index (χ0v) is 11.6. The predicted molar refractivity (Wildman–Crippen MR) is 82.1 cm³/mol. The van der Waals surface area contributed by atoms with Crippen molar-refractivity contribution in [3.8, 4) is 0 Å². The van der Waals surface area contributed by atoms with Gasteiger partial charge in [-0.3, -0.25) is 14.6 Å². The molecule has 0 spiro atoms. The quantitative estimate of drug-likeness (QED) is 0.846. The first kappa shape index (κ1) is 14.5. The lowest BCUT2D eigenvalue weighted by Crippen LogP contribution is -2.13. The van der Waals surface area contributed by atoms with Gasteiger partial charge in [0.15, 0.2) is 0 Å². The molecule has 0 atom stereocenters. The van der Waals surface area contributed by atoms with E-state index in [9.17, 15) is 9.59 Å². The smallest absolute Gasteiger partial charge is 0.257 e. The molecule has 5 nitrogen and oxygen atoms in total. The summed E-state index contributed by atoms with van der Waals surface area (Å²) in [6.07, 6.45) is 3.10. The molecule has 0 unspecified atom stereocenters. The summed E-state index contributed by atoms with van der Waals surface area (Å²) in [5.74, 6) is -0.469.